The molecule has 6 heteroatoms. The molecule has 2 rings (SSSR count). The van der Waals surface area contributed by atoms with E-state index >= 15 is 0 Å². The quantitative estimate of drug-likeness (QED) is 0.741. The van der Waals surface area contributed by atoms with E-state index in [1.807, 2.05) is 0 Å². The van der Waals surface area contributed by atoms with Gasteiger partial charge in [0.25, 0.3) is 0 Å². The van der Waals surface area contributed by atoms with Crippen molar-refractivity contribution in [3.8, 4) is 0 Å². The number of carbonyl (C=O) groups is 2. The molecule has 15 heavy (non-hydrogen) atoms. The number of hydrogen-bond acceptors (Lipinski definition) is 3. The van der Waals surface area contributed by atoms with E-state index in [2.05, 4.69) is 20.9 Å². The van der Waals surface area contributed by atoms with Crippen molar-refractivity contribution in [2.24, 2.45) is 0 Å². The van der Waals surface area contributed by atoms with Crippen molar-refractivity contribution >= 4 is 45.0 Å². The highest BCUT2D eigenvalue weighted by Crippen LogP contribution is 2.28. The van der Waals surface area contributed by atoms with Crippen LogP contribution in [0.3, 0.4) is 0 Å². The molecular formula is C9H6BrClN2O2. The molecule has 1 aliphatic heterocycles. The van der Waals surface area contributed by atoms with E-state index in [9.17, 15) is 9.59 Å². The molecule has 78 valence electrons. The molecule has 0 unspecified atom stereocenters. The number of rotatable bonds is 1. The Hall–Kier alpha value is -0.940. The second-order valence-electron chi connectivity index (χ2n) is 3.15. The molecule has 1 aliphatic rings. The molecule has 0 bridgehead atoms. The van der Waals surface area contributed by atoms with Crippen molar-refractivity contribution in [2.75, 3.05) is 11.4 Å². The Morgan fingerprint density at radius 1 is 1.47 bits per heavy atom. The maximum atomic E-state index is 11.4. The molecule has 0 saturated carbocycles. The number of pyridine rings is 1. The van der Waals surface area contributed by atoms with Gasteiger partial charge < -0.3 is 0 Å². The third-order valence-corrected chi connectivity index (χ3v) is 2.74. The van der Waals surface area contributed by atoms with Gasteiger partial charge in [-0.2, -0.15) is 0 Å². The highest BCUT2D eigenvalue weighted by Gasteiger charge is 2.30. The van der Waals surface area contributed by atoms with Crippen LogP contribution in [0.5, 0.6) is 0 Å². The molecule has 0 aliphatic carbocycles. The molecule has 1 amide bonds. The molecule has 0 radical (unpaired) electrons. The van der Waals surface area contributed by atoms with Gasteiger partial charge in [-0.25, -0.2) is 4.98 Å². The van der Waals surface area contributed by atoms with Crippen LogP contribution >= 0.6 is 27.5 Å². The van der Waals surface area contributed by atoms with Gasteiger partial charge in [-0.1, -0.05) is 11.6 Å². The highest BCUT2D eigenvalue weighted by atomic mass is 79.9. The topological polar surface area (TPSA) is 50.3 Å². The Labute approximate surface area is 99.4 Å². The van der Waals surface area contributed by atoms with Crippen LogP contribution in [0.2, 0.25) is 5.02 Å². The Bertz CT molecular complexity index is 450. The Morgan fingerprint density at radius 2 is 2.20 bits per heavy atom. The standard InChI is InChI=1S/C9H6BrClN2O2/c10-5-1-7(11)9(12-3-5)13-4-6(14)2-8(13)15/h1,3H,2,4H2. The summed E-state index contributed by atoms with van der Waals surface area (Å²) in [6, 6.07) is 1.64. The predicted octanol–water partition coefficient (Wildman–Crippen LogP) is 1.80. The minimum Gasteiger partial charge on any atom is -0.297 e. The first kappa shape index (κ1) is 10.6. The molecule has 0 N–H and O–H groups in total. The molecule has 1 saturated heterocycles. The monoisotopic (exact) mass is 288 g/mol. The third kappa shape index (κ3) is 2.03. The lowest BCUT2D eigenvalue weighted by Gasteiger charge is -2.14. The maximum Gasteiger partial charge on any atom is 0.236 e. The molecule has 0 aromatic carbocycles. The molecular weight excluding hydrogens is 283 g/mol. The van der Waals surface area contributed by atoms with E-state index in [-0.39, 0.29) is 24.7 Å². The summed E-state index contributed by atoms with van der Waals surface area (Å²) in [5, 5.41) is 0.354. The summed E-state index contributed by atoms with van der Waals surface area (Å²) in [4.78, 5) is 27.8. The highest BCUT2D eigenvalue weighted by molar-refractivity contribution is 9.10. The van der Waals surface area contributed by atoms with Crippen LogP contribution in [0.25, 0.3) is 0 Å². The molecule has 0 atom stereocenters. The van der Waals surface area contributed by atoms with Crippen molar-refractivity contribution < 1.29 is 9.59 Å². The Balaban J connectivity index is 2.38. The van der Waals surface area contributed by atoms with Gasteiger partial charge in [0.15, 0.2) is 11.6 Å². The van der Waals surface area contributed by atoms with Crippen molar-refractivity contribution in [1.29, 1.82) is 0 Å². The molecule has 4 nitrogen and oxygen atoms in total. The third-order valence-electron chi connectivity index (χ3n) is 2.03. The van der Waals surface area contributed by atoms with Crippen LogP contribution < -0.4 is 4.90 Å². The number of nitrogens with zero attached hydrogens (tertiary/aromatic N) is 2. The van der Waals surface area contributed by atoms with Crippen molar-refractivity contribution in [3.05, 3.63) is 21.8 Å². The van der Waals surface area contributed by atoms with Gasteiger partial charge in [-0.05, 0) is 22.0 Å². The van der Waals surface area contributed by atoms with Crippen LogP contribution in [0, 0.1) is 0 Å². The molecule has 2 heterocycles. The van der Waals surface area contributed by atoms with E-state index in [4.69, 9.17) is 11.6 Å². The summed E-state index contributed by atoms with van der Waals surface area (Å²) in [6.45, 7) is 0.0627. The zero-order valence-corrected chi connectivity index (χ0v) is 9.88. The van der Waals surface area contributed by atoms with Crippen molar-refractivity contribution in [2.45, 2.75) is 6.42 Å². The van der Waals surface area contributed by atoms with Gasteiger partial charge in [-0.15, -0.1) is 0 Å². The maximum absolute atomic E-state index is 11.4. The largest absolute Gasteiger partial charge is 0.297 e. The summed E-state index contributed by atoms with van der Waals surface area (Å²) in [5.41, 5.74) is 0. The van der Waals surface area contributed by atoms with Gasteiger partial charge >= 0.3 is 0 Å². The summed E-state index contributed by atoms with van der Waals surface area (Å²) in [5.74, 6) is -0.0202. The van der Waals surface area contributed by atoms with E-state index in [0.717, 1.165) is 4.47 Å². The van der Waals surface area contributed by atoms with E-state index in [1.54, 1.807) is 6.07 Å². The van der Waals surface area contributed by atoms with Crippen LogP contribution in [-0.4, -0.2) is 23.2 Å². The van der Waals surface area contributed by atoms with Crippen LogP contribution in [-0.2, 0) is 9.59 Å². The van der Waals surface area contributed by atoms with Crippen LogP contribution in [0.4, 0.5) is 5.82 Å². The second kappa shape index (κ2) is 3.90. The Kier molecular flexibility index (Phi) is 2.75. The zero-order chi connectivity index (χ0) is 11.0. The fourth-order valence-electron chi connectivity index (χ4n) is 1.38. The van der Waals surface area contributed by atoms with Crippen LogP contribution in [0.1, 0.15) is 6.42 Å². The van der Waals surface area contributed by atoms with E-state index in [1.165, 1.54) is 11.1 Å². The predicted molar refractivity (Wildman–Crippen MR) is 58.9 cm³/mol. The summed E-state index contributed by atoms with van der Waals surface area (Å²) in [6.07, 6.45) is 1.48. The number of aromatic nitrogens is 1. The normalized spacial score (nSPS) is 16.3. The lowest BCUT2D eigenvalue weighted by atomic mass is 10.3. The van der Waals surface area contributed by atoms with Crippen LogP contribution in [0.15, 0.2) is 16.7 Å². The first-order chi connectivity index (χ1) is 7.08. The number of amides is 1. The first-order valence-electron chi connectivity index (χ1n) is 4.21. The number of ketones is 1. The lowest BCUT2D eigenvalue weighted by molar-refractivity contribution is -0.121. The molecule has 1 aromatic rings. The van der Waals surface area contributed by atoms with E-state index < -0.39 is 0 Å². The Morgan fingerprint density at radius 3 is 2.73 bits per heavy atom. The smallest absolute Gasteiger partial charge is 0.236 e. The number of Topliss-reactive ketones (excluding diaryl/α,β-unsaturated/α-hetero) is 1. The second-order valence-corrected chi connectivity index (χ2v) is 4.48. The first-order valence-corrected chi connectivity index (χ1v) is 5.38. The van der Waals surface area contributed by atoms with Gasteiger partial charge in [0.1, 0.15) is 0 Å². The van der Waals surface area contributed by atoms with E-state index in [0.29, 0.717) is 10.8 Å². The molecule has 0 spiro atoms. The van der Waals surface area contributed by atoms with Gasteiger partial charge in [0, 0.05) is 10.7 Å². The fourth-order valence-corrected chi connectivity index (χ4v) is 2.11. The lowest BCUT2D eigenvalue weighted by Crippen LogP contribution is -2.25. The number of carbonyl (C=O) groups excluding carboxylic acids is 2. The SMILES string of the molecule is O=C1CC(=O)N(c2ncc(Br)cc2Cl)C1. The average Bonchev–Trinajstić information content (AvgIpc) is 2.45. The minimum atomic E-state index is -0.253. The number of halogens is 2. The zero-order valence-electron chi connectivity index (χ0n) is 7.54. The summed E-state index contributed by atoms with van der Waals surface area (Å²) in [7, 11) is 0. The number of anilines is 1. The van der Waals surface area contributed by atoms with Crippen molar-refractivity contribution in [3.63, 3.8) is 0 Å². The summed E-state index contributed by atoms with van der Waals surface area (Å²) >= 11 is 9.14. The average molecular weight is 290 g/mol. The summed E-state index contributed by atoms with van der Waals surface area (Å²) < 4.78 is 0.731. The van der Waals surface area contributed by atoms with Crippen molar-refractivity contribution in [1.82, 2.24) is 4.98 Å². The van der Waals surface area contributed by atoms with Gasteiger partial charge in [0.05, 0.1) is 18.0 Å². The number of hydrogen-bond donors (Lipinski definition) is 0. The van der Waals surface area contributed by atoms with Gasteiger partial charge in [-0.3, -0.25) is 14.5 Å². The minimum absolute atomic E-state index is 0.0614. The molecule has 1 aromatic heterocycles. The van der Waals surface area contributed by atoms with Gasteiger partial charge in [0.2, 0.25) is 5.91 Å². The molecule has 1 fully saturated rings. The fraction of sp³-hybridized carbons (Fsp3) is 0.222.